The molecule has 1 aromatic carbocycles. The highest BCUT2D eigenvalue weighted by molar-refractivity contribution is 5.39. The van der Waals surface area contributed by atoms with E-state index < -0.39 is 0 Å². The third-order valence-corrected chi connectivity index (χ3v) is 3.23. The molecule has 2 unspecified atom stereocenters. The van der Waals surface area contributed by atoms with Gasteiger partial charge in [0.05, 0.1) is 0 Å². The highest BCUT2D eigenvalue weighted by atomic mass is 16.3. The molecule has 2 nitrogen and oxygen atoms in total. The van der Waals surface area contributed by atoms with Crippen molar-refractivity contribution in [3.63, 3.8) is 0 Å². The Morgan fingerprint density at radius 2 is 2.29 bits per heavy atom. The number of phenolic OH excluding ortho intramolecular Hbond substituents is 1. The van der Waals surface area contributed by atoms with Crippen molar-refractivity contribution in [1.82, 2.24) is 0 Å². The van der Waals surface area contributed by atoms with Gasteiger partial charge in [0, 0.05) is 6.04 Å². The van der Waals surface area contributed by atoms with Crippen LogP contribution in [-0.4, -0.2) is 11.1 Å². The topological polar surface area (TPSA) is 46.2 Å². The molecule has 14 heavy (non-hydrogen) atoms. The highest BCUT2D eigenvalue weighted by Gasteiger charge is 2.25. The van der Waals surface area contributed by atoms with E-state index in [1.165, 1.54) is 11.1 Å². The van der Waals surface area contributed by atoms with Crippen molar-refractivity contribution in [2.75, 3.05) is 0 Å². The predicted molar refractivity (Wildman–Crippen MR) is 57.4 cm³/mol. The van der Waals surface area contributed by atoms with Crippen molar-refractivity contribution in [2.45, 2.75) is 38.1 Å². The van der Waals surface area contributed by atoms with Gasteiger partial charge in [0.1, 0.15) is 5.75 Å². The van der Waals surface area contributed by atoms with Gasteiger partial charge in [0.2, 0.25) is 0 Å². The molecule has 0 fully saturated rings. The van der Waals surface area contributed by atoms with E-state index in [1.807, 2.05) is 12.1 Å². The van der Waals surface area contributed by atoms with Crippen LogP contribution in [0.5, 0.6) is 5.75 Å². The average Bonchev–Trinajstić information content (AvgIpc) is 2.17. The van der Waals surface area contributed by atoms with Gasteiger partial charge in [0.25, 0.3) is 0 Å². The summed E-state index contributed by atoms with van der Waals surface area (Å²) >= 11 is 0. The van der Waals surface area contributed by atoms with Crippen LogP contribution in [0.4, 0.5) is 0 Å². The van der Waals surface area contributed by atoms with Crippen LogP contribution in [0.3, 0.4) is 0 Å². The summed E-state index contributed by atoms with van der Waals surface area (Å²) in [6, 6.07) is 5.93. The monoisotopic (exact) mass is 191 g/mol. The summed E-state index contributed by atoms with van der Waals surface area (Å²) in [5.41, 5.74) is 8.69. The zero-order valence-corrected chi connectivity index (χ0v) is 8.53. The molecule has 1 aliphatic carbocycles. The van der Waals surface area contributed by atoms with Crippen LogP contribution in [0.25, 0.3) is 0 Å². The third kappa shape index (κ3) is 1.50. The number of nitrogens with two attached hydrogens (primary N) is 1. The Bertz CT molecular complexity index is 335. The van der Waals surface area contributed by atoms with Gasteiger partial charge in [0.15, 0.2) is 0 Å². The van der Waals surface area contributed by atoms with E-state index in [2.05, 4.69) is 6.92 Å². The van der Waals surface area contributed by atoms with Crippen LogP contribution in [-0.2, 0) is 6.42 Å². The Labute approximate surface area is 84.7 Å². The Kier molecular flexibility index (Phi) is 2.46. The van der Waals surface area contributed by atoms with E-state index in [1.54, 1.807) is 6.07 Å². The maximum atomic E-state index is 9.45. The molecule has 2 heteroatoms. The number of aromatic hydroxyl groups is 1. The second-order valence-electron chi connectivity index (χ2n) is 4.10. The second kappa shape index (κ2) is 3.62. The minimum Gasteiger partial charge on any atom is -0.508 e. The highest BCUT2D eigenvalue weighted by Crippen LogP contribution is 2.34. The van der Waals surface area contributed by atoms with Gasteiger partial charge >= 0.3 is 0 Å². The molecule has 0 bridgehead atoms. The fraction of sp³-hybridized carbons (Fsp3) is 0.500. The van der Waals surface area contributed by atoms with Crippen molar-refractivity contribution in [3.8, 4) is 5.75 Å². The number of rotatable bonds is 1. The van der Waals surface area contributed by atoms with Gasteiger partial charge in [-0.3, -0.25) is 0 Å². The number of benzene rings is 1. The zero-order valence-electron chi connectivity index (χ0n) is 8.53. The van der Waals surface area contributed by atoms with Gasteiger partial charge < -0.3 is 10.8 Å². The molecule has 0 aliphatic heterocycles. The second-order valence-corrected chi connectivity index (χ2v) is 4.10. The minimum absolute atomic E-state index is 0.259. The first-order valence-electron chi connectivity index (χ1n) is 5.29. The van der Waals surface area contributed by atoms with E-state index in [0.717, 1.165) is 19.3 Å². The lowest BCUT2D eigenvalue weighted by Crippen LogP contribution is -2.32. The molecular weight excluding hydrogens is 174 g/mol. The summed E-state index contributed by atoms with van der Waals surface area (Å²) in [6.07, 6.45) is 3.17. The molecule has 0 saturated heterocycles. The first kappa shape index (κ1) is 9.53. The van der Waals surface area contributed by atoms with Gasteiger partial charge in [-0.2, -0.15) is 0 Å². The van der Waals surface area contributed by atoms with Crippen LogP contribution < -0.4 is 5.73 Å². The van der Waals surface area contributed by atoms with Gasteiger partial charge in [-0.25, -0.2) is 0 Å². The van der Waals surface area contributed by atoms with E-state index in [-0.39, 0.29) is 6.04 Å². The molecule has 76 valence electrons. The molecule has 0 spiro atoms. The predicted octanol–water partition coefficient (Wildman–Crippen LogP) is 2.16. The summed E-state index contributed by atoms with van der Waals surface area (Å²) in [5, 5.41) is 9.45. The quantitative estimate of drug-likeness (QED) is 0.714. The summed E-state index contributed by atoms with van der Waals surface area (Å²) in [4.78, 5) is 0. The molecule has 2 rings (SSSR count). The van der Waals surface area contributed by atoms with E-state index in [0.29, 0.717) is 11.7 Å². The van der Waals surface area contributed by atoms with Crippen LogP contribution >= 0.6 is 0 Å². The lowest BCUT2D eigenvalue weighted by molar-refractivity contribution is 0.446. The molecular formula is C12H17NO. The van der Waals surface area contributed by atoms with Crippen LogP contribution in [0.2, 0.25) is 0 Å². The van der Waals surface area contributed by atoms with Crippen LogP contribution in [0.1, 0.15) is 36.8 Å². The maximum Gasteiger partial charge on any atom is 0.115 e. The normalized spacial score (nSPS) is 25.9. The Morgan fingerprint density at radius 3 is 3.00 bits per heavy atom. The Morgan fingerprint density at radius 1 is 1.50 bits per heavy atom. The van der Waals surface area contributed by atoms with E-state index >= 15 is 0 Å². The first-order chi connectivity index (χ1) is 6.72. The van der Waals surface area contributed by atoms with Crippen molar-refractivity contribution in [1.29, 1.82) is 0 Å². The van der Waals surface area contributed by atoms with Gasteiger partial charge in [-0.15, -0.1) is 0 Å². The lowest BCUT2D eigenvalue weighted by Gasteiger charge is -2.30. The molecule has 3 N–H and O–H groups in total. The zero-order chi connectivity index (χ0) is 10.1. The van der Waals surface area contributed by atoms with Crippen molar-refractivity contribution in [3.05, 3.63) is 29.3 Å². The number of fused-ring (bicyclic) bond motifs is 1. The molecule has 0 aromatic heterocycles. The molecule has 2 atom stereocenters. The number of phenols is 1. The Hall–Kier alpha value is -1.02. The number of aryl methyl sites for hydroxylation is 1. The van der Waals surface area contributed by atoms with Crippen molar-refractivity contribution < 1.29 is 5.11 Å². The van der Waals surface area contributed by atoms with Gasteiger partial charge in [-0.1, -0.05) is 13.0 Å². The first-order valence-corrected chi connectivity index (χ1v) is 5.29. The fourth-order valence-corrected chi connectivity index (χ4v) is 2.43. The average molecular weight is 191 g/mol. The third-order valence-electron chi connectivity index (χ3n) is 3.23. The molecule has 1 aliphatic rings. The van der Waals surface area contributed by atoms with Crippen molar-refractivity contribution >= 4 is 0 Å². The van der Waals surface area contributed by atoms with Crippen molar-refractivity contribution in [2.24, 2.45) is 5.73 Å². The largest absolute Gasteiger partial charge is 0.508 e. The summed E-state index contributed by atoms with van der Waals surface area (Å²) < 4.78 is 0. The number of hydrogen-bond donors (Lipinski definition) is 2. The Balaban J connectivity index is 2.43. The van der Waals surface area contributed by atoms with Gasteiger partial charge in [-0.05, 0) is 48.4 Å². The maximum absolute atomic E-state index is 9.45. The summed E-state index contributed by atoms with van der Waals surface area (Å²) in [7, 11) is 0. The van der Waals surface area contributed by atoms with E-state index in [4.69, 9.17) is 5.73 Å². The summed E-state index contributed by atoms with van der Waals surface area (Å²) in [5.74, 6) is 0.780. The number of hydrogen-bond acceptors (Lipinski definition) is 2. The van der Waals surface area contributed by atoms with Crippen LogP contribution in [0, 0.1) is 0 Å². The summed E-state index contributed by atoms with van der Waals surface area (Å²) in [6.45, 7) is 2.16. The molecule has 0 amide bonds. The fourth-order valence-electron chi connectivity index (χ4n) is 2.43. The smallest absolute Gasteiger partial charge is 0.115 e. The minimum atomic E-state index is 0.259. The SMILES string of the molecule is CCC1c2cc(O)ccc2CCC1N. The van der Waals surface area contributed by atoms with E-state index in [9.17, 15) is 5.11 Å². The molecule has 0 saturated carbocycles. The molecule has 0 heterocycles. The molecule has 0 radical (unpaired) electrons. The molecule has 1 aromatic rings. The van der Waals surface area contributed by atoms with Crippen LogP contribution in [0.15, 0.2) is 18.2 Å². The standard InChI is InChI=1S/C12H17NO/c1-2-10-11-7-9(14)5-3-8(11)4-6-12(10)13/h3,5,7,10,12,14H,2,4,6,13H2,1H3. The lowest BCUT2D eigenvalue weighted by atomic mass is 9.78.